The van der Waals surface area contributed by atoms with Gasteiger partial charge in [0.1, 0.15) is 6.04 Å². The van der Waals surface area contributed by atoms with Crippen molar-refractivity contribution in [2.75, 3.05) is 5.32 Å². The molecule has 0 aliphatic carbocycles. The number of nitrogens with one attached hydrogen (secondary N) is 2. The summed E-state index contributed by atoms with van der Waals surface area (Å²) in [5, 5.41) is 14.0. The van der Waals surface area contributed by atoms with E-state index >= 15 is 0 Å². The van der Waals surface area contributed by atoms with E-state index in [0.717, 1.165) is 0 Å². The standard InChI is InChI=1S/C11H11ClIN3O4/c12-5-1-2-7(6(13)3-5)15-11(20)16-8(10(18)19)4-9(14)17/h1-3,8H,4H2,(H2,14,17)(H,18,19)(H2,15,16,20)/t8-/m1/s1. The predicted molar refractivity (Wildman–Crippen MR) is 81.6 cm³/mol. The lowest BCUT2D eigenvalue weighted by Crippen LogP contribution is -2.45. The Balaban J connectivity index is 2.70. The van der Waals surface area contributed by atoms with E-state index in [4.69, 9.17) is 22.4 Å². The number of amides is 3. The molecule has 0 saturated heterocycles. The summed E-state index contributed by atoms with van der Waals surface area (Å²) in [4.78, 5) is 33.3. The van der Waals surface area contributed by atoms with Crippen molar-refractivity contribution in [3.8, 4) is 0 Å². The van der Waals surface area contributed by atoms with E-state index in [9.17, 15) is 14.4 Å². The lowest BCUT2D eigenvalue weighted by molar-refractivity contribution is -0.140. The van der Waals surface area contributed by atoms with Crippen LogP contribution >= 0.6 is 34.2 Å². The zero-order chi connectivity index (χ0) is 15.3. The molecule has 0 heterocycles. The predicted octanol–water partition coefficient (Wildman–Crippen LogP) is 1.39. The van der Waals surface area contributed by atoms with Crippen LogP contribution in [0.5, 0.6) is 0 Å². The molecule has 20 heavy (non-hydrogen) atoms. The van der Waals surface area contributed by atoms with E-state index in [1.54, 1.807) is 18.2 Å². The number of nitrogens with two attached hydrogens (primary N) is 1. The number of halogens is 2. The smallest absolute Gasteiger partial charge is 0.326 e. The molecule has 7 nitrogen and oxygen atoms in total. The number of rotatable bonds is 5. The average molecular weight is 412 g/mol. The van der Waals surface area contributed by atoms with Crippen LogP contribution in [0.2, 0.25) is 5.02 Å². The molecule has 0 spiro atoms. The van der Waals surface area contributed by atoms with Crippen molar-refractivity contribution in [1.29, 1.82) is 0 Å². The van der Waals surface area contributed by atoms with Crippen molar-refractivity contribution in [3.05, 3.63) is 26.8 Å². The molecule has 3 amide bonds. The minimum absolute atomic E-state index is 0.468. The average Bonchev–Trinajstić information content (AvgIpc) is 2.31. The van der Waals surface area contributed by atoms with Crippen LogP contribution in [0.3, 0.4) is 0 Å². The Morgan fingerprint density at radius 1 is 1.40 bits per heavy atom. The largest absolute Gasteiger partial charge is 0.480 e. The van der Waals surface area contributed by atoms with Gasteiger partial charge < -0.3 is 21.5 Å². The summed E-state index contributed by atoms with van der Waals surface area (Å²) in [5.41, 5.74) is 5.38. The summed E-state index contributed by atoms with van der Waals surface area (Å²) in [6.45, 7) is 0. The maximum atomic E-state index is 11.7. The third-order valence-corrected chi connectivity index (χ3v) is 3.32. The summed E-state index contributed by atoms with van der Waals surface area (Å²) in [6.07, 6.45) is -0.486. The zero-order valence-corrected chi connectivity index (χ0v) is 12.9. The Morgan fingerprint density at radius 3 is 2.55 bits per heavy atom. The Morgan fingerprint density at radius 2 is 2.05 bits per heavy atom. The Bertz CT molecular complexity index is 552. The molecule has 1 atom stereocenters. The highest BCUT2D eigenvalue weighted by molar-refractivity contribution is 14.1. The van der Waals surface area contributed by atoms with Crippen LogP contribution < -0.4 is 16.4 Å². The Hall–Kier alpha value is -1.55. The van der Waals surface area contributed by atoms with Gasteiger partial charge in [-0.15, -0.1) is 0 Å². The first-order valence-electron chi connectivity index (χ1n) is 5.33. The number of aliphatic carboxylic acids is 1. The van der Waals surface area contributed by atoms with Crippen molar-refractivity contribution < 1.29 is 19.5 Å². The molecule has 0 aromatic heterocycles. The van der Waals surface area contributed by atoms with Gasteiger partial charge in [0.15, 0.2) is 0 Å². The van der Waals surface area contributed by atoms with Crippen LogP contribution in [-0.4, -0.2) is 29.1 Å². The summed E-state index contributed by atoms with van der Waals surface area (Å²) in [5.74, 6) is -2.16. The number of anilines is 1. The number of carbonyl (C=O) groups excluding carboxylic acids is 2. The Labute approximate surface area is 133 Å². The fraction of sp³-hybridized carbons (Fsp3) is 0.182. The fourth-order valence-electron chi connectivity index (χ4n) is 1.31. The molecule has 0 saturated carbocycles. The summed E-state index contributed by atoms with van der Waals surface area (Å²) >= 11 is 7.74. The molecular formula is C11H11ClIN3O4. The normalized spacial score (nSPS) is 11.5. The fourth-order valence-corrected chi connectivity index (χ4v) is 2.32. The summed E-state index contributed by atoms with van der Waals surface area (Å²) < 4.78 is 0.687. The van der Waals surface area contributed by atoms with Gasteiger partial charge in [-0.2, -0.15) is 0 Å². The molecule has 5 N–H and O–H groups in total. The highest BCUT2D eigenvalue weighted by Crippen LogP contribution is 2.22. The number of urea groups is 1. The van der Waals surface area contributed by atoms with Crippen molar-refractivity contribution in [1.82, 2.24) is 5.32 Å². The van der Waals surface area contributed by atoms with E-state index in [-0.39, 0.29) is 0 Å². The number of hydrogen-bond acceptors (Lipinski definition) is 3. The van der Waals surface area contributed by atoms with E-state index in [1.165, 1.54) is 0 Å². The lowest BCUT2D eigenvalue weighted by Gasteiger charge is -2.14. The van der Waals surface area contributed by atoms with Crippen molar-refractivity contribution >= 4 is 57.8 Å². The van der Waals surface area contributed by atoms with Gasteiger partial charge in [0.05, 0.1) is 12.1 Å². The van der Waals surface area contributed by atoms with Gasteiger partial charge in [-0.25, -0.2) is 9.59 Å². The number of benzene rings is 1. The first-order valence-corrected chi connectivity index (χ1v) is 6.79. The molecule has 108 valence electrons. The van der Waals surface area contributed by atoms with E-state index in [0.29, 0.717) is 14.3 Å². The van der Waals surface area contributed by atoms with Crippen molar-refractivity contribution in [2.45, 2.75) is 12.5 Å². The highest BCUT2D eigenvalue weighted by atomic mass is 127. The number of carboxylic acids is 1. The minimum atomic E-state index is -1.38. The van der Waals surface area contributed by atoms with E-state index in [1.807, 2.05) is 22.6 Å². The van der Waals surface area contributed by atoms with Gasteiger partial charge in [-0.05, 0) is 40.8 Å². The summed E-state index contributed by atoms with van der Waals surface area (Å²) in [6, 6.07) is 2.66. The topological polar surface area (TPSA) is 122 Å². The molecule has 0 bridgehead atoms. The quantitative estimate of drug-likeness (QED) is 0.547. The molecule has 0 aliphatic heterocycles. The van der Waals surface area contributed by atoms with Crippen LogP contribution in [0.15, 0.2) is 18.2 Å². The molecule has 9 heteroatoms. The second-order valence-electron chi connectivity index (χ2n) is 3.78. The van der Waals surface area contributed by atoms with Crippen LogP contribution in [0.4, 0.5) is 10.5 Å². The van der Waals surface area contributed by atoms with E-state index < -0.39 is 30.4 Å². The number of primary amides is 1. The number of carboxylic acid groups (broad SMARTS) is 1. The molecule has 0 aliphatic rings. The van der Waals surface area contributed by atoms with Gasteiger partial charge in [0, 0.05) is 8.59 Å². The van der Waals surface area contributed by atoms with Crippen LogP contribution in [0.1, 0.15) is 6.42 Å². The Kier molecular flexibility index (Phi) is 6.02. The lowest BCUT2D eigenvalue weighted by atomic mass is 10.2. The molecule has 1 aromatic carbocycles. The van der Waals surface area contributed by atoms with Gasteiger partial charge in [-0.3, -0.25) is 4.79 Å². The third-order valence-electron chi connectivity index (χ3n) is 2.19. The molecular weight excluding hydrogens is 400 g/mol. The monoisotopic (exact) mass is 411 g/mol. The maximum absolute atomic E-state index is 11.7. The zero-order valence-electron chi connectivity index (χ0n) is 10.0. The summed E-state index contributed by atoms with van der Waals surface area (Å²) in [7, 11) is 0. The number of carbonyl (C=O) groups is 3. The molecule has 0 fully saturated rings. The molecule has 0 unspecified atom stereocenters. The van der Waals surface area contributed by atoms with Crippen LogP contribution in [0, 0.1) is 3.57 Å². The highest BCUT2D eigenvalue weighted by Gasteiger charge is 2.22. The number of hydrogen-bond donors (Lipinski definition) is 4. The molecule has 0 radical (unpaired) electrons. The minimum Gasteiger partial charge on any atom is -0.480 e. The van der Waals surface area contributed by atoms with Crippen LogP contribution in [0.25, 0.3) is 0 Å². The van der Waals surface area contributed by atoms with Crippen molar-refractivity contribution in [3.63, 3.8) is 0 Å². The van der Waals surface area contributed by atoms with Crippen molar-refractivity contribution in [2.24, 2.45) is 5.73 Å². The van der Waals surface area contributed by atoms with Crippen LogP contribution in [-0.2, 0) is 9.59 Å². The SMILES string of the molecule is NC(=O)C[C@@H](NC(=O)Nc1ccc(Cl)cc1I)C(=O)O. The second-order valence-corrected chi connectivity index (χ2v) is 5.38. The first kappa shape index (κ1) is 16.5. The van der Waals surface area contributed by atoms with E-state index in [2.05, 4.69) is 10.6 Å². The molecule has 1 aromatic rings. The van der Waals surface area contributed by atoms with Gasteiger partial charge in [0.25, 0.3) is 0 Å². The van der Waals surface area contributed by atoms with Gasteiger partial charge in [-0.1, -0.05) is 11.6 Å². The van der Waals surface area contributed by atoms with Gasteiger partial charge in [0.2, 0.25) is 5.91 Å². The first-order chi connectivity index (χ1) is 9.29. The maximum Gasteiger partial charge on any atom is 0.326 e. The second kappa shape index (κ2) is 7.29. The third kappa shape index (κ3) is 5.21. The molecule has 1 rings (SSSR count). The van der Waals surface area contributed by atoms with Gasteiger partial charge >= 0.3 is 12.0 Å².